The van der Waals surface area contributed by atoms with Crippen LogP contribution in [0.3, 0.4) is 0 Å². The molecule has 27 heavy (non-hydrogen) atoms. The molecule has 0 saturated carbocycles. The van der Waals surface area contributed by atoms with E-state index in [1.54, 1.807) is 23.1 Å². The molecule has 0 fully saturated rings. The Hall–Kier alpha value is -1.66. The second kappa shape index (κ2) is 8.15. The van der Waals surface area contributed by atoms with Crippen LogP contribution in [0.5, 0.6) is 0 Å². The van der Waals surface area contributed by atoms with Crippen molar-refractivity contribution in [3.8, 4) is 0 Å². The molecule has 1 amide bonds. The number of benzene rings is 2. The highest BCUT2D eigenvalue weighted by atomic mass is 79.9. The summed E-state index contributed by atoms with van der Waals surface area (Å²) in [6.07, 6.45) is 1.77. The van der Waals surface area contributed by atoms with Crippen molar-refractivity contribution in [3.63, 3.8) is 0 Å². The van der Waals surface area contributed by atoms with Crippen molar-refractivity contribution in [1.29, 1.82) is 0 Å². The van der Waals surface area contributed by atoms with Crippen LogP contribution in [0.1, 0.15) is 42.9 Å². The normalized spacial score (nSPS) is 14.3. The van der Waals surface area contributed by atoms with Gasteiger partial charge in [-0.25, -0.2) is 8.42 Å². The van der Waals surface area contributed by atoms with Crippen LogP contribution in [0.4, 0.5) is 5.69 Å². The largest absolute Gasteiger partial charge is 0.311 e. The van der Waals surface area contributed by atoms with Gasteiger partial charge in [-0.1, -0.05) is 54.0 Å². The van der Waals surface area contributed by atoms with Gasteiger partial charge in [-0.3, -0.25) is 4.79 Å². The summed E-state index contributed by atoms with van der Waals surface area (Å²) in [6, 6.07) is 13.3. The van der Waals surface area contributed by atoms with Crippen LogP contribution < -0.4 is 4.90 Å². The summed E-state index contributed by atoms with van der Waals surface area (Å²) >= 11 is 3.35. The van der Waals surface area contributed by atoms with Gasteiger partial charge in [0.2, 0.25) is 5.91 Å². The Morgan fingerprint density at radius 1 is 1.19 bits per heavy atom. The predicted octanol–water partition coefficient (Wildman–Crippen LogP) is 4.47. The molecule has 3 rings (SSSR count). The van der Waals surface area contributed by atoms with Gasteiger partial charge in [-0.15, -0.1) is 0 Å². The first-order valence-electron chi connectivity index (χ1n) is 9.13. The molecule has 0 radical (unpaired) electrons. The van der Waals surface area contributed by atoms with Gasteiger partial charge in [-0.05, 0) is 53.6 Å². The average molecular weight is 450 g/mol. The number of anilines is 1. The van der Waals surface area contributed by atoms with Gasteiger partial charge >= 0.3 is 0 Å². The molecule has 0 spiro atoms. The zero-order valence-corrected chi connectivity index (χ0v) is 18.0. The third kappa shape index (κ3) is 4.99. The molecule has 0 aliphatic carbocycles. The van der Waals surface area contributed by atoms with Crippen LogP contribution >= 0.6 is 15.9 Å². The lowest BCUT2D eigenvalue weighted by Gasteiger charge is -2.30. The van der Waals surface area contributed by atoms with E-state index in [4.69, 9.17) is 0 Å². The third-order valence-corrected chi connectivity index (χ3v) is 6.76. The molecule has 1 heterocycles. The monoisotopic (exact) mass is 449 g/mol. The van der Waals surface area contributed by atoms with Crippen LogP contribution in [-0.2, 0) is 26.8 Å². The van der Waals surface area contributed by atoms with Crippen molar-refractivity contribution in [1.82, 2.24) is 0 Å². The van der Waals surface area contributed by atoms with E-state index in [1.807, 2.05) is 18.2 Å². The molecule has 2 aromatic rings. The molecule has 0 saturated heterocycles. The maximum atomic E-state index is 12.8. The standard InChI is InChI=1S/C21H24BrNO3S/c1-15(2)17-8-9-20-18(12-17)6-4-10-23(20)21(24)14-27(25,26)13-16-5-3-7-19(22)11-16/h3,5,7-9,11-12,15H,4,6,10,13-14H2,1-2H3. The fourth-order valence-electron chi connectivity index (χ4n) is 3.43. The zero-order chi connectivity index (χ0) is 19.6. The van der Waals surface area contributed by atoms with Gasteiger partial charge in [0, 0.05) is 16.7 Å². The number of nitrogens with zero attached hydrogens (tertiary/aromatic N) is 1. The Bertz CT molecular complexity index is 954. The highest BCUT2D eigenvalue weighted by Gasteiger charge is 2.27. The predicted molar refractivity (Wildman–Crippen MR) is 113 cm³/mol. The van der Waals surface area contributed by atoms with E-state index in [-0.39, 0.29) is 11.7 Å². The first kappa shape index (κ1) is 20.1. The molecule has 1 aliphatic heterocycles. The first-order chi connectivity index (χ1) is 12.7. The molecule has 2 aromatic carbocycles. The van der Waals surface area contributed by atoms with Crippen molar-refractivity contribution in [2.75, 3.05) is 17.2 Å². The number of carbonyl (C=O) groups excluding carboxylic acids is 1. The topological polar surface area (TPSA) is 54.5 Å². The molecule has 0 aromatic heterocycles. The van der Waals surface area contributed by atoms with E-state index >= 15 is 0 Å². The second-order valence-electron chi connectivity index (χ2n) is 7.35. The number of aryl methyl sites for hydroxylation is 1. The van der Waals surface area contributed by atoms with Gasteiger partial charge in [-0.2, -0.15) is 0 Å². The number of rotatable bonds is 5. The smallest absolute Gasteiger partial charge is 0.242 e. The summed E-state index contributed by atoms with van der Waals surface area (Å²) in [6.45, 7) is 4.85. The number of hydrogen-bond acceptors (Lipinski definition) is 3. The van der Waals surface area contributed by atoms with Gasteiger partial charge < -0.3 is 4.90 Å². The fraction of sp³-hybridized carbons (Fsp3) is 0.381. The van der Waals surface area contributed by atoms with Crippen LogP contribution in [0.25, 0.3) is 0 Å². The third-order valence-electron chi connectivity index (χ3n) is 4.81. The van der Waals surface area contributed by atoms with E-state index in [1.165, 1.54) is 5.56 Å². The zero-order valence-electron chi connectivity index (χ0n) is 15.6. The lowest BCUT2D eigenvalue weighted by Crippen LogP contribution is -2.39. The van der Waals surface area contributed by atoms with Crippen molar-refractivity contribution >= 4 is 37.4 Å². The molecule has 0 bridgehead atoms. The minimum atomic E-state index is -3.54. The van der Waals surface area contributed by atoms with Crippen LogP contribution in [0, 0.1) is 0 Å². The van der Waals surface area contributed by atoms with Crippen LogP contribution in [-0.4, -0.2) is 26.6 Å². The Kier molecular flexibility index (Phi) is 6.06. The van der Waals surface area contributed by atoms with Gasteiger partial charge in [0.05, 0.1) is 5.75 Å². The number of carbonyl (C=O) groups is 1. The lowest BCUT2D eigenvalue weighted by atomic mass is 9.95. The molecule has 144 valence electrons. The fourth-order valence-corrected chi connectivity index (χ4v) is 5.20. The Labute approximate surface area is 169 Å². The number of hydrogen-bond donors (Lipinski definition) is 0. The SMILES string of the molecule is CC(C)c1ccc2c(c1)CCCN2C(=O)CS(=O)(=O)Cc1cccc(Br)c1. The minimum Gasteiger partial charge on any atom is -0.311 e. The average Bonchev–Trinajstić information content (AvgIpc) is 2.59. The minimum absolute atomic E-state index is 0.134. The molecular formula is C21H24BrNO3S. The van der Waals surface area contributed by atoms with Gasteiger partial charge in [0.25, 0.3) is 0 Å². The number of amides is 1. The molecule has 4 nitrogen and oxygen atoms in total. The summed E-state index contributed by atoms with van der Waals surface area (Å²) < 4.78 is 25.9. The van der Waals surface area contributed by atoms with Crippen molar-refractivity contribution < 1.29 is 13.2 Å². The maximum Gasteiger partial charge on any atom is 0.242 e. The first-order valence-corrected chi connectivity index (χ1v) is 11.7. The molecule has 0 atom stereocenters. The van der Waals surface area contributed by atoms with E-state index < -0.39 is 15.6 Å². The summed E-state index contributed by atoms with van der Waals surface area (Å²) in [5.41, 5.74) is 3.90. The quantitative estimate of drug-likeness (QED) is 0.676. The van der Waals surface area contributed by atoms with Crippen molar-refractivity contribution in [3.05, 3.63) is 63.6 Å². The molecule has 0 unspecified atom stereocenters. The van der Waals surface area contributed by atoms with Crippen molar-refractivity contribution in [2.24, 2.45) is 0 Å². The Morgan fingerprint density at radius 3 is 2.67 bits per heavy atom. The molecule has 6 heteroatoms. The van der Waals surface area contributed by atoms with Gasteiger partial charge in [0.1, 0.15) is 5.75 Å². The highest BCUT2D eigenvalue weighted by molar-refractivity contribution is 9.10. The number of halogens is 1. The molecular weight excluding hydrogens is 426 g/mol. The second-order valence-corrected chi connectivity index (χ2v) is 10.3. The van der Waals surface area contributed by atoms with Crippen LogP contribution in [0.2, 0.25) is 0 Å². The summed E-state index contributed by atoms with van der Waals surface area (Å²) in [4.78, 5) is 14.4. The van der Waals surface area contributed by atoms with E-state index in [0.29, 0.717) is 18.0 Å². The Balaban J connectivity index is 1.77. The summed E-state index contributed by atoms with van der Waals surface area (Å²) in [7, 11) is -3.54. The Morgan fingerprint density at radius 2 is 1.96 bits per heavy atom. The summed E-state index contributed by atoms with van der Waals surface area (Å²) in [5, 5.41) is 0. The summed E-state index contributed by atoms with van der Waals surface area (Å²) in [5.74, 6) is -0.522. The maximum absolute atomic E-state index is 12.8. The van der Waals surface area contributed by atoms with E-state index in [9.17, 15) is 13.2 Å². The van der Waals surface area contributed by atoms with Gasteiger partial charge in [0.15, 0.2) is 9.84 Å². The lowest BCUT2D eigenvalue weighted by molar-refractivity contribution is -0.116. The highest BCUT2D eigenvalue weighted by Crippen LogP contribution is 2.30. The van der Waals surface area contributed by atoms with E-state index in [2.05, 4.69) is 35.8 Å². The number of sulfone groups is 1. The van der Waals surface area contributed by atoms with Crippen molar-refractivity contribution in [2.45, 2.75) is 38.4 Å². The molecule has 1 aliphatic rings. The number of fused-ring (bicyclic) bond motifs is 1. The van der Waals surface area contributed by atoms with E-state index in [0.717, 1.165) is 28.6 Å². The molecule has 0 N–H and O–H groups in total. The van der Waals surface area contributed by atoms with Crippen LogP contribution in [0.15, 0.2) is 46.9 Å².